The van der Waals surface area contributed by atoms with Crippen LogP contribution in [0.2, 0.25) is 0 Å². The van der Waals surface area contributed by atoms with E-state index in [4.69, 9.17) is 14.9 Å². The quantitative estimate of drug-likeness (QED) is 0.549. The number of hydrogen-bond donors (Lipinski definition) is 2. The third kappa shape index (κ3) is 3.83. The van der Waals surface area contributed by atoms with Gasteiger partial charge in [-0.2, -0.15) is 0 Å². The number of anilines is 1. The molecule has 0 fully saturated rings. The first-order valence-electron chi connectivity index (χ1n) is 5.36. The third-order valence-electron chi connectivity index (χ3n) is 2.37. The fraction of sp³-hybridized carbons (Fsp3) is 0.273. The van der Waals surface area contributed by atoms with Gasteiger partial charge >= 0.3 is 11.9 Å². The lowest BCUT2D eigenvalue weighted by Gasteiger charge is -2.22. The highest BCUT2D eigenvalue weighted by molar-refractivity contribution is 5.81. The van der Waals surface area contributed by atoms with Gasteiger partial charge in [-0.3, -0.25) is 19.7 Å². The molecule has 0 radical (unpaired) electrons. The second kappa shape index (κ2) is 6.36. The molecule has 0 amide bonds. The van der Waals surface area contributed by atoms with Gasteiger partial charge in [0.1, 0.15) is 18.8 Å². The van der Waals surface area contributed by atoms with E-state index in [2.05, 4.69) is 0 Å². The number of nitro groups is 1. The van der Waals surface area contributed by atoms with E-state index in [1.54, 1.807) is 0 Å². The Labute approximate surface area is 113 Å². The zero-order chi connectivity index (χ0) is 15.3. The molecule has 0 unspecified atom stereocenters. The van der Waals surface area contributed by atoms with Crippen LogP contribution < -0.4 is 9.64 Å². The Morgan fingerprint density at radius 2 is 1.85 bits per heavy atom. The lowest BCUT2D eigenvalue weighted by Crippen LogP contribution is -2.34. The maximum Gasteiger partial charge on any atom is 0.323 e. The van der Waals surface area contributed by atoms with Crippen molar-refractivity contribution in [3.8, 4) is 5.75 Å². The predicted molar refractivity (Wildman–Crippen MR) is 67.1 cm³/mol. The molecule has 0 heterocycles. The summed E-state index contributed by atoms with van der Waals surface area (Å²) in [6.07, 6.45) is 0. The minimum absolute atomic E-state index is 0.0294. The average Bonchev–Trinajstić information content (AvgIpc) is 2.35. The smallest absolute Gasteiger partial charge is 0.323 e. The highest BCUT2D eigenvalue weighted by atomic mass is 16.6. The van der Waals surface area contributed by atoms with Crippen LogP contribution in [0.5, 0.6) is 5.75 Å². The summed E-state index contributed by atoms with van der Waals surface area (Å²) in [5.74, 6) is -2.43. The summed E-state index contributed by atoms with van der Waals surface area (Å²) in [5, 5.41) is 28.2. The zero-order valence-electron chi connectivity index (χ0n) is 10.5. The Morgan fingerprint density at radius 1 is 1.30 bits per heavy atom. The topological polar surface area (TPSA) is 130 Å². The molecule has 1 aromatic rings. The van der Waals surface area contributed by atoms with Gasteiger partial charge in [-0.1, -0.05) is 0 Å². The molecule has 0 bridgehead atoms. The molecule has 0 aliphatic rings. The third-order valence-corrected chi connectivity index (χ3v) is 2.37. The molecular formula is C11H12N2O7. The summed E-state index contributed by atoms with van der Waals surface area (Å²) in [5.41, 5.74) is -0.0842. The first-order chi connectivity index (χ1) is 9.35. The van der Waals surface area contributed by atoms with Crippen LogP contribution in [-0.2, 0) is 9.59 Å². The molecule has 0 atom stereocenters. The van der Waals surface area contributed by atoms with Crippen LogP contribution >= 0.6 is 0 Å². The van der Waals surface area contributed by atoms with E-state index in [0.29, 0.717) is 0 Å². The summed E-state index contributed by atoms with van der Waals surface area (Å²) in [6.45, 7) is -1.14. The van der Waals surface area contributed by atoms with E-state index in [0.717, 1.165) is 17.0 Å². The number of nitro benzene ring substituents is 1. The molecular weight excluding hydrogens is 272 g/mol. The summed E-state index contributed by atoms with van der Waals surface area (Å²) in [4.78, 5) is 32.6. The summed E-state index contributed by atoms with van der Waals surface area (Å²) < 4.78 is 4.95. The summed E-state index contributed by atoms with van der Waals surface area (Å²) in [7, 11) is 1.25. The van der Waals surface area contributed by atoms with Crippen LogP contribution in [0.15, 0.2) is 18.2 Å². The summed E-state index contributed by atoms with van der Waals surface area (Å²) in [6, 6.07) is 3.50. The van der Waals surface area contributed by atoms with Gasteiger partial charge in [0.25, 0.3) is 5.69 Å². The van der Waals surface area contributed by atoms with Gasteiger partial charge in [-0.25, -0.2) is 0 Å². The molecule has 0 saturated heterocycles. The Balaban J connectivity index is 3.20. The van der Waals surface area contributed by atoms with Crippen LogP contribution in [0.1, 0.15) is 0 Å². The van der Waals surface area contributed by atoms with Crippen molar-refractivity contribution in [2.24, 2.45) is 0 Å². The number of carbonyl (C=O) groups is 2. The highest BCUT2D eigenvalue weighted by Gasteiger charge is 2.20. The van der Waals surface area contributed by atoms with Crippen molar-refractivity contribution in [3.63, 3.8) is 0 Å². The van der Waals surface area contributed by atoms with Crippen LogP contribution in [0.4, 0.5) is 11.4 Å². The van der Waals surface area contributed by atoms with Crippen molar-refractivity contribution in [2.75, 3.05) is 25.1 Å². The lowest BCUT2D eigenvalue weighted by molar-refractivity contribution is -0.384. The van der Waals surface area contributed by atoms with Crippen LogP contribution in [0.25, 0.3) is 0 Å². The van der Waals surface area contributed by atoms with E-state index in [1.807, 2.05) is 0 Å². The van der Waals surface area contributed by atoms with Gasteiger partial charge < -0.3 is 19.8 Å². The van der Waals surface area contributed by atoms with Crippen LogP contribution in [0.3, 0.4) is 0 Å². The van der Waals surface area contributed by atoms with E-state index in [-0.39, 0.29) is 17.1 Å². The van der Waals surface area contributed by atoms with Gasteiger partial charge in [0, 0.05) is 6.07 Å². The van der Waals surface area contributed by atoms with Gasteiger partial charge in [-0.15, -0.1) is 0 Å². The minimum Gasteiger partial charge on any atom is -0.494 e. The molecule has 20 heavy (non-hydrogen) atoms. The van der Waals surface area contributed by atoms with Gasteiger partial charge in [0.05, 0.1) is 23.8 Å². The molecule has 0 aliphatic heterocycles. The number of carboxylic acid groups (broad SMARTS) is 2. The largest absolute Gasteiger partial charge is 0.494 e. The predicted octanol–water partition coefficient (Wildman–Crippen LogP) is 0.579. The maximum absolute atomic E-state index is 10.8. The Kier molecular flexibility index (Phi) is 4.84. The molecule has 2 N–H and O–H groups in total. The number of nitrogens with zero attached hydrogens (tertiary/aromatic N) is 2. The molecule has 0 saturated carbocycles. The number of hydrogen-bond acceptors (Lipinski definition) is 6. The molecule has 0 aromatic heterocycles. The standard InChI is InChI=1S/C11H12N2O7/c1-20-9-4-7(13(18)19)2-3-8(9)12(5-10(14)15)6-11(16)17/h2-4H,5-6H2,1H3,(H,14,15)(H,16,17). The van der Waals surface area contributed by atoms with Gasteiger partial charge in [0.15, 0.2) is 0 Å². The number of rotatable bonds is 7. The minimum atomic E-state index is -1.23. The Bertz CT molecular complexity index is 528. The van der Waals surface area contributed by atoms with E-state index in [1.165, 1.54) is 13.2 Å². The molecule has 9 nitrogen and oxygen atoms in total. The fourth-order valence-corrected chi connectivity index (χ4v) is 1.59. The summed E-state index contributed by atoms with van der Waals surface area (Å²) >= 11 is 0. The normalized spacial score (nSPS) is 9.85. The van der Waals surface area contributed by atoms with Gasteiger partial charge in [0.2, 0.25) is 0 Å². The first-order valence-corrected chi connectivity index (χ1v) is 5.36. The molecule has 0 aliphatic carbocycles. The average molecular weight is 284 g/mol. The Morgan fingerprint density at radius 3 is 2.25 bits per heavy atom. The molecule has 0 spiro atoms. The zero-order valence-corrected chi connectivity index (χ0v) is 10.5. The van der Waals surface area contributed by atoms with E-state index >= 15 is 0 Å². The van der Waals surface area contributed by atoms with Crippen molar-refractivity contribution in [2.45, 2.75) is 0 Å². The molecule has 9 heteroatoms. The van der Waals surface area contributed by atoms with Crippen molar-refractivity contribution >= 4 is 23.3 Å². The second-order valence-corrected chi connectivity index (χ2v) is 3.76. The molecule has 1 rings (SSSR count). The van der Waals surface area contributed by atoms with Crippen molar-refractivity contribution < 1.29 is 29.5 Å². The van der Waals surface area contributed by atoms with Crippen molar-refractivity contribution in [3.05, 3.63) is 28.3 Å². The van der Waals surface area contributed by atoms with E-state index < -0.39 is 30.0 Å². The maximum atomic E-state index is 10.8. The van der Waals surface area contributed by atoms with Gasteiger partial charge in [-0.05, 0) is 6.07 Å². The SMILES string of the molecule is COc1cc([N+](=O)[O-])ccc1N(CC(=O)O)CC(=O)O. The van der Waals surface area contributed by atoms with Crippen LogP contribution in [-0.4, -0.2) is 47.3 Å². The van der Waals surface area contributed by atoms with Crippen molar-refractivity contribution in [1.82, 2.24) is 0 Å². The number of carboxylic acids is 2. The van der Waals surface area contributed by atoms with Crippen molar-refractivity contribution in [1.29, 1.82) is 0 Å². The number of ether oxygens (including phenoxy) is 1. The second-order valence-electron chi connectivity index (χ2n) is 3.76. The lowest BCUT2D eigenvalue weighted by atomic mass is 10.2. The number of benzene rings is 1. The van der Waals surface area contributed by atoms with E-state index in [9.17, 15) is 19.7 Å². The number of non-ortho nitro benzene ring substituents is 1. The first kappa shape index (κ1) is 15.2. The highest BCUT2D eigenvalue weighted by Crippen LogP contribution is 2.31. The Hall–Kier alpha value is -2.84. The molecule has 1 aromatic carbocycles. The molecule has 108 valence electrons. The number of aliphatic carboxylic acids is 2. The monoisotopic (exact) mass is 284 g/mol. The fourth-order valence-electron chi connectivity index (χ4n) is 1.59. The number of methoxy groups -OCH3 is 1. The van der Waals surface area contributed by atoms with Crippen LogP contribution in [0, 0.1) is 10.1 Å².